The predicted octanol–water partition coefficient (Wildman–Crippen LogP) is 2.80. The van der Waals surface area contributed by atoms with Gasteiger partial charge >= 0.3 is 5.97 Å². The molecule has 0 saturated heterocycles. The number of hydrogen-bond acceptors (Lipinski definition) is 6. The maximum atomic E-state index is 14.1. The summed E-state index contributed by atoms with van der Waals surface area (Å²) in [6.45, 7) is -0.582. The molecule has 3 aromatic rings. The number of carbonyl (C=O) groups is 1. The Morgan fingerprint density at radius 2 is 2.09 bits per heavy atom. The SMILES string of the molecule is CN(CC(=O)OC1CCCCC1(C(N)=S)c1ccc2nccn2c1)S(=O)(=O)c1ccccc1F. The van der Waals surface area contributed by atoms with Crippen molar-refractivity contribution in [3.05, 3.63) is 66.4 Å². The Hall–Kier alpha value is -2.89. The van der Waals surface area contributed by atoms with Gasteiger partial charge in [0.1, 0.15) is 29.0 Å². The summed E-state index contributed by atoms with van der Waals surface area (Å²) in [7, 11) is -3.02. The van der Waals surface area contributed by atoms with E-state index in [4.69, 9.17) is 22.7 Å². The van der Waals surface area contributed by atoms with Crippen molar-refractivity contribution in [2.24, 2.45) is 5.73 Å². The average molecular weight is 505 g/mol. The third-order valence-electron chi connectivity index (χ3n) is 6.33. The van der Waals surface area contributed by atoms with Gasteiger partial charge in [-0.25, -0.2) is 17.8 Å². The molecule has 0 bridgehead atoms. The van der Waals surface area contributed by atoms with Crippen LogP contribution in [0.25, 0.3) is 5.65 Å². The van der Waals surface area contributed by atoms with Crippen LogP contribution in [-0.2, 0) is 25.0 Å². The summed E-state index contributed by atoms with van der Waals surface area (Å²) in [5.74, 6) is -1.66. The van der Waals surface area contributed by atoms with Gasteiger partial charge in [-0.05, 0) is 43.0 Å². The monoisotopic (exact) mass is 504 g/mol. The number of fused-ring (bicyclic) bond motifs is 1. The summed E-state index contributed by atoms with van der Waals surface area (Å²) < 4.78 is 48.0. The molecule has 8 nitrogen and oxygen atoms in total. The lowest BCUT2D eigenvalue weighted by Gasteiger charge is -2.43. The van der Waals surface area contributed by atoms with Crippen LogP contribution >= 0.6 is 12.2 Å². The van der Waals surface area contributed by atoms with Crippen LogP contribution in [0.2, 0.25) is 0 Å². The second kappa shape index (κ2) is 9.40. The van der Waals surface area contributed by atoms with E-state index < -0.39 is 44.8 Å². The number of pyridine rings is 1. The third-order valence-corrected chi connectivity index (χ3v) is 8.53. The van der Waals surface area contributed by atoms with E-state index in [1.807, 2.05) is 22.7 Å². The minimum atomic E-state index is -4.22. The first kappa shape index (κ1) is 24.2. The molecule has 1 fully saturated rings. The van der Waals surface area contributed by atoms with Crippen molar-refractivity contribution in [1.29, 1.82) is 0 Å². The van der Waals surface area contributed by atoms with Crippen molar-refractivity contribution < 1.29 is 22.3 Å². The molecular weight excluding hydrogens is 479 g/mol. The molecule has 0 radical (unpaired) electrons. The van der Waals surface area contributed by atoms with E-state index in [1.54, 1.807) is 12.4 Å². The minimum Gasteiger partial charge on any atom is -0.460 e. The van der Waals surface area contributed by atoms with E-state index in [9.17, 15) is 17.6 Å². The van der Waals surface area contributed by atoms with Crippen molar-refractivity contribution >= 4 is 38.8 Å². The molecule has 0 amide bonds. The van der Waals surface area contributed by atoms with E-state index in [1.165, 1.54) is 19.2 Å². The van der Waals surface area contributed by atoms with E-state index >= 15 is 0 Å². The molecule has 2 atom stereocenters. The van der Waals surface area contributed by atoms with Gasteiger partial charge in [0.05, 0.1) is 10.4 Å². The highest BCUT2D eigenvalue weighted by Gasteiger charge is 2.47. The van der Waals surface area contributed by atoms with E-state index in [-0.39, 0.29) is 4.99 Å². The molecule has 1 aliphatic carbocycles. The fourth-order valence-electron chi connectivity index (χ4n) is 4.52. The summed E-state index contributed by atoms with van der Waals surface area (Å²) >= 11 is 5.48. The molecule has 34 heavy (non-hydrogen) atoms. The smallest absolute Gasteiger partial charge is 0.321 e. The van der Waals surface area contributed by atoms with Crippen molar-refractivity contribution in [3.63, 3.8) is 0 Å². The summed E-state index contributed by atoms with van der Waals surface area (Å²) in [4.78, 5) is 16.8. The van der Waals surface area contributed by atoms with Crippen LogP contribution in [-0.4, -0.2) is 52.8 Å². The average Bonchev–Trinajstić information content (AvgIpc) is 3.27. The zero-order valence-corrected chi connectivity index (χ0v) is 20.2. The maximum Gasteiger partial charge on any atom is 0.321 e. The number of rotatable bonds is 7. The van der Waals surface area contributed by atoms with Crippen LogP contribution in [0, 0.1) is 5.82 Å². The molecule has 0 spiro atoms. The van der Waals surface area contributed by atoms with Gasteiger partial charge in [0.25, 0.3) is 0 Å². The van der Waals surface area contributed by atoms with E-state index in [0.29, 0.717) is 12.8 Å². The van der Waals surface area contributed by atoms with Gasteiger partial charge in [-0.3, -0.25) is 4.79 Å². The summed E-state index contributed by atoms with van der Waals surface area (Å²) in [5, 5.41) is 0. The Morgan fingerprint density at radius 1 is 1.32 bits per heavy atom. The maximum absolute atomic E-state index is 14.1. The lowest BCUT2D eigenvalue weighted by molar-refractivity contribution is -0.153. The molecule has 2 aromatic heterocycles. The number of nitrogens with zero attached hydrogens (tertiary/aromatic N) is 3. The van der Waals surface area contributed by atoms with Gasteiger partial charge in [-0.2, -0.15) is 4.31 Å². The van der Waals surface area contributed by atoms with Gasteiger partial charge in [-0.1, -0.05) is 36.8 Å². The van der Waals surface area contributed by atoms with E-state index in [2.05, 4.69) is 4.98 Å². The highest BCUT2D eigenvalue weighted by atomic mass is 32.2. The fraction of sp³-hybridized carbons (Fsp3) is 0.348. The number of esters is 1. The molecular formula is C23H25FN4O4S2. The minimum absolute atomic E-state index is 0.205. The summed E-state index contributed by atoms with van der Waals surface area (Å²) in [5.41, 5.74) is 6.91. The largest absolute Gasteiger partial charge is 0.460 e. The Labute approximate surface area is 202 Å². The van der Waals surface area contributed by atoms with Gasteiger partial charge in [0.15, 0.2) is 0 Å². The Balaban J connectivity index is 1.59. The highest BCUT2D eigenvalue weighted by Crippen LogP contribution is 2.42. The molecule has 2 unspecified atom stereocenters. The number of halogens is 1. The van der Waals surface area contributed by atoms with Gasteiger partial charge in [0, 0.05) is 25.6 Å². The first-order valence-corrected chi connectivity index (χ1v) is 12.6. The first-order valence-electron chi connectivity index (χ1n) is 10.8. The molecule has 11 heteroatoms. The summed E-state index contributed by atoms with van der Waals surface area (Å²) in [6.07, 6.45) is 7.45. The van der Waals surface area contributed by atoms with Crippen molar-refractivity contribution in [1.82, 2.24) is 13.7 Å². The molecule has 1 aliphatic rings. The topological polar surface area (TPSA) is 107 Å². The predicted molar refractivity (Wildman–Crippen MR) is 128 cm³/mol. The van der Waals surface area contributed by atoms with Crippen LogP contribution in [0.15, 0.2) is 59.9 Å². The second-order valence-electron chi connectivity index (χ2n) is 8.36. The molecule has 2 N–H and O–H groups in total. The Kier molecular flexibility index (Phi) is 6.70. The van der Waals surface area contributed by atoms with Crippen LogP contribution < -0.4 is 5.73 Å². The standard InChI is InChI=1S/C23H25FN4O4S2/c1-27(34(30,31)18-7-3-2-6-17(18)24)15-21(29)32-19-8-4-5-11-23(19,22(25)33)16-9-10-20-26-12-13-28(20)14-16/h2-3,6-7,9-10,12-14,19H,4-5,8,11,15H2,1H3,(H2,25,33). The van der Waals surface area contributed by atoms with Crippen molar-refractivity contribution in [2.45, 2.75) is 42.1 Å². The molecule has 2 heterocycles. The molecule has 4 rings (SSSR count). The van der Waals surface area contributed by atoms with Crippen LogP contribution in [0.1, 0.15) is 31.2 Å². The molecule has 1 saturated carbocycles. The zero-order valence-electron chi connectivity index (χ0n) is 18.6. The van der Waals surface area contributed by atoms with Crippen molar-refractivity contribution in [3.8, 4) is 0 Å². The van der Waals surface area contributed by atoms with Crippen LogP contribution in [0.5, 0.6) is 0 Å². The van der Waals surface area contributed by atoms with Gasteiger partial charge < -0.3 is 14.9 Å². The number of ether oxygens (including phenoxy) is 1. The normalized spacial score (nSPS) is 21.0. The zero-order chi connectivity index (χ0) is 24.5. The number of likely N-dealkylation sites (N-methyl/N-ethyl adjacent to an activating group) is 1. The van der Waals surface area contributed by atoms with Gasteiger partial charge in [-0.15, -0.1) is 0 Å². The lowest BCUT2D eigenvalue weighted by Crippen LogP contribution is -2.53. The summed E-state index contributed by atoms with van der Waals surface area (Å²) in [6, 6.07) is 8.73. The van der Waals surface area contributed by atoms with Crippen LogP contribution in [0.3, 0.4) is 0 Å². The molecule has 180 valence electrons. The Bertz CT molecular complexity index is 1340. The fourth-order valence-corrected chi connectivity index (χ4v) is 6.05. The first-order chi connectivity index (χ1) is 16.2. The van der Waals surface area contributed by atoms with Crippen LogP contribution in [0.4, 0.5) is 4.39 Å². The quantitative estimate of drug-likeness (QED) is 0.389. The number of carbonyl (C=O) groups excluding carboxylic acids is 1. The number of aromatic nitrogens is 2. The van der Waals surface area contributed by atoms with Gasteiger partial charge in [0.2, 0.25) is 10.0 Å². The second-order valence-corrected chi connectivity index (χ2v) is 10.8. The number of sulfonamides is 1. The van der Waals surface area contributed by atoms with Crippen molar-refractivity contribution in [2.75, 3.05) is 13.6 Å². The van der Waals surface area contributed by atoms with E-state index in [0.717, 1.165) is 40.5 Å². The lowest BCUT2D eigenvalue weighted by atomic mass is 9.67. The number of benzene rings is 1. The molecule has 1 aromatic carbocycles. The highest BCUT2D eigenvalue weighted by molar-refractivity contribution is 7.89. The molecule has 0 aliphatic heterocycles. The Morgan fingerprint density at radius 3 is 2.82 bits per heavy atom. The third kappa shape index (κ3) is 4.30. The number of thiocarbonyl (C=S) groups is 1. The number of hydrogen-bond donors (Lipinski definition) is 1. The number of nitrogens with two attached hydrogens (primary N) is 1. The number of imidazole rings is 1.